The predicted octanol–water partition coefficient (Wildman–Crippen LogP) is 4.53. The van der Waals surface area contributed by atoms with Crippen LogP contribution in [0, 0.1) is 13.8 Å². The fourth-order valence-corrected chi connectivity index (χ4v) is 3.18. The summed E-state index contributed by atoms with van der Waals surface area (Å²) < 4.78 is 2.74. The van der Waals surface area contributed by atoms with Crippen molar-refractivity contribution >= 4 is 33.2 Å². The molecule has 2 aromatic heterocycles. The van der Waals surface area contributed by atoms with Gasteiger partial charge in [-0.1, -0.05) is 19.1 Å². The van der Waals surface area contributed by atoms with E-state index in [1.54, 1.807) is 0 Å². The molecule has 0 fully saturated rings. The number of halogens is 1. The highest BCUT2D eigenvalue weighted by atomic mass is 79.9. The molecule has 1 amide bonds. The molecular weight excluding hydrogens is 354 g/mol. The lowest BCUT2D eigenvalue weighted by molar-refractivity contribution is 0.102. The second-order valence-corrected chi connectivity index (χ2v) is 6.49. The molecule has 4 nitrogen and oxygen atoms in total. The Balaban J connectivity index is 2.04. The fraction of sp³-hybridized carbons (Fsp3) is 0.222. The first-order valence-electron chi connectivity index (χ1n) is 7.54. The second kappa shape index (κ2) is 6.16. The number of rotatable bonds is 3. The van der Waals surface area contributed by atoms with E-state index in [1.807, 2.05) is 61.7 Å². The van der Waals surface area contributed by atoms with Crippen molar-refractivity contribution in [3.8, 4) is 0 Å². The monoisotopic (exact) mass is 371 g/mol. The first-order valence-corrected chi connectivity index (χ1v) is 8.34. The van der Waals surface area contributed by atoms with Gasteiger partial charge in [-0.25, -0.2) is 4.98 Å². The molecule has 2 heterocycles. The van der Waals surface area contributed by atoms with E-state index in [1.165, 1.54) is 0 Å². The number of nitrogens with zero attached hydrogens (tertiary/aromatic N) is 2. The number of pyridine rings is 1. The van der Waals surface area contributed by atoms with Crippen molar-refractivity contribution in [2.75, 3.05) is 5.32 Å². The Morgan fingerprint density at radius 1 is 1.22 bits per heavy atom. The number of carbonyl (C=O) groups is 1. The largest absolute Gasteiger partial charge is 0.320 e. The first-order chi connectivity index (χ1) is 11.0. The molecule has 1 N–H and O–H groups in total. The van der Waals surface area contributed by atoms with Crippen LogP contribution in [0.3, 0.4) is 0 Å². The second-order valence-electron chi connectivity index (χ2n) is 5.63. The molecule has 0 unspecified atom stereocenters. The molecule has 3 rings (SSSR count). The summed E-state index contributed by atoms with van der Waals surface area (Å²) in [5.74, 6) is -0.149. The quantitative estimate of drug-likeness (QED) is 0.734. The smallest absolute Gasteiger partial charge is 0.274 e. The summed E-state index contributed by atoms with van der Waals surface area (Å²) in [6.45, 7) is 6.02. The topological polar surface area (TPSA) is 46.4 Å². The number of amides is 1. The van der Waals surface area contributed by atoms with E-state index in [0.717, 1.165) is 32.6 Å². The molecule has 0 atom stereocenters. The van der Waals surface area contributed by atoms with Crippen molar-refractivity contribution in [3.63, 3.8) is 0 Å². The Labute approximate surface area is 143 Å². The van der Waals surface area contributed by atoms with Gasteiger partial charge in [0.05, 0.1) is 11.4 Å². The summed E-state index contributed by atoms with van der Waals surface area (Å²) in [7, 11) is 0. The molecule has 0 spiro atoms. The van der Waals surface area contributed by atoms with Crippen LogP contribution in [0.4, 0.5) is 5.69 Å². The number of hydrogen-bond acceptors (Lipinski definition) is 2. The van der Waals surface area contributed by atoms with E-state index in [-0.39, 0.29) is 5.91 Å². The Kier molecular flexibility index (Phi) is 4.22. The average Bonchev–Trinajstić information content (AvgIpc) is 2.87. The number of fused-ring (bicyclic) bond motifs is 1. The van der Waals surface area contributed by atoms with Gasteiger partial charge in [-0.15, -0.1) is 0 Å². The van der Waals surface area contributed by atoms with Crippen LogP contribution >= 0.6 is 15.9 Å². The van der Waals surface area contributed by atoms with Crippen LogP contribution in [0.1, 0.15) is 34.2 Å². The van der Waals surface area contributed by atoms with Crippen LogP contribution in [-0.2, 0) is 6.42 Å². The van der Waals surface area contributed by atoms with Gasteiger partial charge in [0, 0.05) is 10.7 Å². The third-order valence-electron chi connectivity index (χ3n) is 3.76. The van der Waals surface area contributed by atoms with Crippen molar-refractivity contribution in [3.05, 3.63) is 63.5 Å². The van der Waals surface area contributed by atoms with E-state index in [9.17, 15) is 4.79 Å². The summed E-state index contributed by atoms with van der Waals surface area (Å²) in [5.41, 5.74) is 5.17. The minimum atomic E-state index is -0.149. The number of benzene rings is 1. The maximum atomic E-state index is 12.8. The third-order valence-corrected chi connectivity index (χ3v) is 4.42. The van der Waals surface area contributed by atoms with Gasteiger partial charge in [0.2, 0.25) is 0 Å². The summed E-state index contributed by atoms with van der Waals surface area (Å²) in [4.78, 5) is 17.4. The Hall–Kier alpha value is -2.14. The Bertz CT molecular complexity index is 899. The van der Waals surface area contributed by atoms with Gasteiger partial charge >= 0.3 is 0 Å². The van der Waals surface area contributed by atoms with Gasteiger partial charge in [-0.05, 0) is 65.5 Å². The van der Waals surface area contributed by atoms with E-state index >= 15 is 0 Å². The number of hydrogen-bond donors (Lipinski definition) is 1. The third kappa shape index (κ3) is 3.01. The molecule has 0 aliphatic carbocycles. The van der Waals surface area contributed by atoms with E-state index in [0.29, 0.717) is 12.1 Å². The zero-order chi connectivity index (χ0) is 16.6. The highest BCUT2D eigenvalue weighted by Crippen LogP contribution is 2.25. The number of aromatic nitrogens is 2. The summed E-state index contributed by atoms with van der Waals surface area (Å²) >= 11 is 3.50. The lowest BCUT2D eigenvalue weighted by atomic mass is 10.2. The number of nitrogens with one attached hydrogen (secondary N) is 1. The highest BCUT2D eigenvalue weighted by molar-refractivity contribution is 9.10. The van der Waals surface area contributed by atoms with Crippen molar-refractivity contribution in [1.29, 1.82) is 0 Å². The molecular formula is C18H18BrN3O. The van der Waals surface area contributed by atoms with Gasteiger partial charge in [-0.3, -0.25) is 9.20 Å². The van der Waals surface area contributed by atoms with Gasteiger partial charge in [0.25, 0.3) is 5.91 Å². The molecule has 0 aliphatic heterocycles. The predicted molar refractivity (Wildman–Crippen MR) is 96.1 cm³/mol. The van der Waals surface area contributed by atoms with Crippen molar-refractivity contribution < 1.29 is 4.79 Å². The molecule has 0 saturated heterocycles. The molecule has 0 saturated carbocycles. The van der Waals surface area contributed by atoms with Crippen LogP contribution in [0.25, 0.3) is 5.65 Å². The van der Waals surface area contributed by atoms with Crippen molar-refractivity contribution in [2.45, 2.75) is 27.2 Å². The lowest BCUT2D eigenvalue weighted by Crippen LogP contribution is -2.16. The molecule has 23 heavy (non-hydrogen) atoms. The minimum Gasteiger partial charge on any atom is -0.320 e. The Morgan fingerprint density at radius 2 is 1.96 bits per heavy atom. The van der Waals surface area contributed by atoms with Crippen LogP contribution in [0.5, 0.6) is 0 Å². The van der Waals surface area contributed by atoms with Crippen LogP contribution in [-0.4, -0.2) is 15.3 Å². The number of imidazole rings is 1. The van der Waals surface area contributed by atoms with Crippen molar-refractivity contribution in [1.82, 2.24) is 9.38 Å². The molecule has 3 aromatic rings. The number of aryl methyl sites for hydroxylation is 3. The molecule has 5 heteroatoms. The summed E-state index contributed by atoms with van der Waals surface area (Å²) in [6.07, 6.45) is 2.65. The molecule has 118 valence electrons. The summed E-state index contributed by atoms with van der Waals surface area (Å²) in [6, 6.07) is 9.79. The highest BCUT2D eigenvalue weighted by Gasteiger charge is 2.19. The van der Waals surface area contributed by atoms with Crippen molar-refractivity contribution in [2.24, 2.45) is 0 Å². The van der Waals surface area contributed by atoms with Crippen LogP contribution in [0.2, 0.25) is 0 Å². The van der Waals surface area contributed by atoms with Gasteiger partial charge < -0.3 is 5.32 Å². The van der Waals surface area contributed by atoms with Gasteiger partial charge in [0.15, 0.2) is 0 Å². The minimum absolute atomic E-state index is 0.149. The van der Waals surface area contributed by atoms with Crippen LogP contribution in [0.15, 0.2) is 41.0 Å². The normalized spacial score (nSPS) is 11.0. The average molecular weight is 372 g/mol. The van der Waals surface area contributed by atoms with Gasteiger partial charge in [-0.2, -0.15) is 0 Å². The van der Waals surface area contributed by atoms with Gasteiger partial charge in [0.1, 0.15) is 11.3 Å². The molecule has 1 aromatic carbocycles. The standard InChI is InChI=1S/C18H18BrN3O/c1-4-14-17(22-10-12(3)6-8-16(22)20-14)18(23)21-15-7-5-11(2)9-13(15)19/h5-10H,4H2,1-3H3,(H,21,23). The maximum absolute atomic E-state index is 12.8. The zero-order valence-electron chi connectivity index (χ0n) is 13.4. The molecule has 0 aliphatic rings. The summed E-state index contributed by atoms with van der Waals surface area (Å²) in [5, 5.41) is 2.98. The lowest BCUT2D eigenvalue weighted by Gasteiger charge is -2.09. The Morgan fingerprint density at radius 3 is 2.65 bits per heavy atom. The first kappa shape index (κ1) is 15.7. The zero-order valence-corrected chi connectivity index (χ0v) is 14.9. The number of carbonyl (C=O) groups excluding carboxylic acids is 1. The molecule has 0 radical (unpaired) electrons. The molecule has 0 bridgehead atoms. The van der Waals surface area contributed by atoms with E-state index < -0.39 is 0 Å². The SMILES string of the molecule is CCc1nc2ccc(C)cn2c1C(=O)Nc1ccc(C)cc1Br. The number of anilines is 1. The van der Waals surface area contributed by atoms with E-state index in [4.69, 9.17) is 0 Å². The fourth-order valence-electron chi connectivity index (χ4n) is 2.59. The van der Waals surface area contributed by atoms with E-state index in [2.05, 4.69) is 26.2 Å². The van der Waals surface area contributed by atoms with Crippen LogP contribution < -0.4 is 5.32 Å². The maximum Gasteiger partial charge on any atom is 0.274 e.